The first-order chi connectivity index (χ1) is 11.6. The highest BCUT2D eigenvalue weighted by molar-refractivity contribution is 9.10. The van der Waals surface area contributed by atoms with Crippen LogP contribution < -0.4 is 14.4 Å². The van der Waals surface area contributed by atoms with Gasteiger partial charge in [0.2, 0.25) is 5.91 Å². The van der Waals surface area contributed by atoms with Crippen LogP contribution in [0.1, 0.15) is 6.42 Å². The largest absolute Gasteiger partial charge is 0.497 e. The van der Waals surface area contributed by atoms with Gasteiger partial charge in [0.25, 0.3) is 0 Å². The van der Waals surface area contributed by atoms with E-state index >= 15 is 0 Å². The van der Waals surface area contributed by atoms with E-state index in [-0.39, 0.29) is 18.3 Å². The molecule has 0 saturated carbocycles. The second-order valence-corrected chi connectivity index (χ2v) is 6.39. The maximum atomic E-state index is 12.3. The Balaban J connectivity index is 1.67. The highest BCUT2D eigenvalue weighted by Crippen LogP contribution is 2.28. The standard InChI is InChI=1S/C18H16BrNO4/c1-23-15-8-4-14(5-9-15)20-11-12(10-17(20)21)18(22)24-16-6-2-13(19)3-7-16/h2-9,12H,10-11H2,1H3/t12-/m0/s1. The van der Waals surface area contributed by atoms with Crippen molar-refractivity contribution < 1.29 is 19.1 Å². The van der Waals surface area contributed by atoms with Crippen molar-refractivity contribution in [1.82, 2.24) is 0 Å². The SMILES string of the molecule is COc1ccc(N2C[C@@H](C(=O)Oc3ccc(Br)cc3)CC2=O)cc1. The fourth-order valence-corrected chi connectivity index (χ4v) is 2.84. The van der Waals surface area contributed by atoms with Crippen LogP contribution in [0.2, 0.25) is 0 Å². The Morgan fingerprint density at radius 2 is 1.71 bits per heavy atom. The number of anilines is 1. The Kier molecular flexibility index (Phi) is 4.85. The molecule has 0 N–H and O–H groups in total. The Morgan fingerprint density at radius 1 is 1.08 bits per heavy atom. The quantitative estimate of drug-likeness (QED) is 0.593. The number of esters is 1. The van der Waals surface area contributed by atoms with Gasteiger partial charge in [0.05, 0.1) is 13.0 Å². The van der Waals surface area contributed by atoms with Crippen molar-refractivity contribution in [3.05, 3.63) is 53.0 Å². The van der Waals surface area contributed by atoms with Crippen LogP contribution in [0.15, 0.2) is 53.0 Å². The second kappa shape index (κ2) is 7.05. The van der Waals surface area contributed by atoms with Gasteiger partial charge in [-0.25, -0.2) is 0 Å². The topological polar surface area (TPSA) is 55.8 Å². The van der Waals surface area contributed by atoms with E-state index in [2.05, 4.69) is 15.9 Å². The van der Waals surface area contributed by atoms with Gasteiger partial charge in [-0.3, -0.25) is 9.59 Å². The molecule has 0 radical (unpaired) electrons. The summed E-state index contributed by atoms with van der Waals surface area (Å²) in [4.78, 5) is 26.1. The zero-order valence-electron chi connectivity index (χ0n) is 13.1. The van der Waals surface area contributed by atoms with Crippen molar-refractivity contribution >= 4 is 33.5 Å². The molecule has 0 bridgehead atoms. The van der Waals surface area contributed by atoms with Gasteiger partial charge in [-0.2, -0.15) is 0 Å². The molecule has 124 valence electrons. The molecule has 1 aliphatic heterocycles. The average molecular weight is 390 g/mol. The fraction of sp³-hybridized carbons (Fsp3) is 0.222. The molecular formula is C18H16BrNO4. The van der Waals surface area contributed by atoms with Crippen molar-refractivity contribution in [2.24, 2.45) is 5.92 Å². The maximum Gasteiger partial charge on any atom is 0.316 e. The van der Waals surface area contributed by atoms with E-state index in [1.807, 2.05) is 0 Å². The number of methoxy groups -OCH3 is 1. The van der Waals surface area contributed by atoms with Gasteiger partial charge in [-0.15, -0.1) is 0 Å². The lowest BCUT2D eigenvalue weighted by molar-refractivity contribution is -0.139. The number of hydrogen-bond donors (Lipinski definition) is 0. The number of halogens is 1. The molecule has 2 aromatic rings. The van der Waals surface area contributed by atoms with Crippen molar-refractivity contribution in [2.45, 2.75) is 6.42 Å². The molecule has 0 spiro atoms. The molecule has 0 unspecified atom stereocenters. The second-order valence-electron chi connectivity index (χ2n) is 5.48. The Hall–Kier alpha value is -2.34. The molecule has 1 amide bonds. The number of amides is 1. The van der Waals surface area contributed by atoms with Crippen molar-refractivity contribution in [3.8, 4) is 11.5 Å². The smallest absolute Gasteiger partial charge is 0.316 e. The van der Waals surface area contributed by atoms with Crippen LogP contribution in [0, 0.1) is 5.92 Å². The first kappa shape index (κ1) is 16.5. The van der Waals surface area contributed by atoms with E-state index in [1.54, 1.807) is 60.5 Å². The monoisotopic (exact) mass is 389 g/mol. The first-order valence-electron chi connectivity index (χ1n) is 7.48. The number of hydrogen-bond acceptors (Lipinski definition) is 4. The third-order valence-corrected chi connectivity index (χ3v) is 4.40. The summed E-state index contributed by atoms with van der Waals surface area (Å²) in [6.07, 6.45) is 0.154. The van der Waals surface area contributed by atoms with Crippen LogP contribution in [0.3, 0.4) is 0 Å². The fourth-order valence-electron chi connectivity index (χ4n) is 2.58. The van der Waals surface area contributed by atoms with E-state index in [1.165, 1.54) is 0 Å². The Bertz CT molecular complexity index is 743. The number of carbonyl (C=O) groups excluding carboxylic acids is 2. The molecule has 24 heavy (non-hydrogen) atoms. The molecule has 1 heterocycles. The minimum Gasteiger partial charge on any atom is -0.497 e. The van der Waals surface area contributed by atoms with Gasteiger partial charge in [0.15, 0.2) is 0 Å². The Labute approximate surface area is 148 Å². The maximum absolute atomic E-state index is 12.3. The molecule has 5 nitrogen and oxygen atoms in total. The predicted molar refractivity (Wildman–Crippen MR) is 93.2 cm³/mol. The number of carbonyl (C=O) groups is 2. The summed E-state index contributed by atoms with van der Waals surface area (Å²) in [7, 11) is 1.59. The van der Waals surface area contributed by atoms with Gasteiger partial charge < -0.3 is 14.4 Å². The summed E-state index contributed by atoms with van der Waals surface area (Å²) in [5.41, 5.74) is 0.750. The van der Waals surface area contributed by atoms with E-state index < -0.39 is 5.92 Å². The Morgan fingerprint density at radius 3 is 2.33 bits per heavy atom. The van der Waals surface area contributed by atoms with Crippen LogP contribution in [0.5, 0.6) is 11.5 Å². The zero-order valence-corrected chi connectivity index (χ0v) is 14.7. The third kappa shape index (κ3) is 3.59. The van der Waals surface area contributed by atoms with E-state index in [4.69, 9.17) is 9.47 Å². The lowest BCUT2D eigenvalue weighted by atomic mass is 10.1. The average Bonchev–Trinajstić information content (AvgIpc) is 2.99. The van der Waals surface area contributed by atoms with Crippen LogP contribution >= 0.6 is 15.9 Å². The highest BCUT2D eigenvalue weighted by atomic mass is 79.9. The van der Waals surface area contributed by atoms with Gasteiger partial charge in [0, 0.05) is 23.1 Å². The summed E-state index contributed by atoms with van der Waals surface area (Å²) in [6.45, 7) is 0.320. The summed E-state index contributed by atoms with van der Waals surface area (Å²) in [5.74, 6) is 0.248. The molecular weight excluding hydrogens is 374 g/mol. The van der Waals surface area contributed by atoms with Crippen molar-refractivity contribution in [1.29, 1.82) is 0 Å². The van der Waals surface area contributed by atoms with E-state index in [0.717, 1.165) is 15.9 Å². The van der Waals surface area contributed by atoms with Crippen LogP contribution in [-0.2, 0) is 9.59 Å². The predicted octanol–water partition coefficient (Wildman–Crippen LogP) is 3.42. The van der Waals surface area contributed by atoms with Gasteiger partial charge in [-0.1, -0.05) is 15.9 Å². The minimum atomic E-state index is -0.469. The first-order valence-corrected chi connectivity index (χ1v) is 8.28. The summed E-state index contributed by atoms with van der Waals surface area (Å²) < 4.78 is 11.4. The summed E-state index contributed by atoms with van der Waals surface area (Å²) >= 11 is 3.33. The molecule has 1 fully saturated rings. The van der Waals surface area contributed by atoms with Crippen molar-refractivity contribution in [2.75, 3.05) is 18.6 Å². The molecule has 1 saturated heterocycles. The van der Waals surface area contributed by atoms with Crippen LogP contribution in [0.4, 0.5) is 5.69 Å². The lowest BCUT2D eigenvalue weighted by Crippen LogP contribution is -2.27. The molecule has 0 aliphatic carbocycles. The molecule has 3 rings (SSSR count). The normalized spacial score (nSPS) is 17.0. The minimum absolute atomic E-state index is 0.0853. The number of benzene rings is 2. The van der Waals surface area contributed by atoms with E-state index in [9.17, 15) is 9.59 Å². The number of rotatable bonds is 4. The molecule has 0 aromatic heterocycles. The lowest BCUT2D eigenvalue weighted by Gasteiger charge is -2.16. The van der Waals surface area contributed by atoms with Gasteiger partial charge >= 0.3 is 5.97 Å². The van der Waals surface area contributed by atoms with Crippen LogP contribution in [0.25, 0.3) is 0 Å². The van der Waals surface area contributed by atoms with Gasteiger partial charge in [0.1, 0.15) is 11.5 Å². The summed E-state index contributed by atoms with van der Waals surface area (Å²) in [6, 6.07) is 14.2. The highest BCUT2D eigenvalue weighted by Gasteiger charge is 2.36. The van der Waals surface area contributed by atoms with E-state index in [0.29, 0.717) is 12.3 Å². The number of ether oxygens (including phenoxy) is 2. The summed E-state index contributed by atoms with van der Waals surface area (Å²) in [5, 5.41) is 0. The third-order valence-electron chi connectivity index (χ3n) is 3.87. The molecule has 1 aliphatic rings. The van der Waals surface area contributed by atoms with Crippen molar-refractivity contribution in [3.63, 3.8) is 0 Å². The molecule has 1 atom stereocenters. The zero-order chi connectivity index (χ0) is 17.1. The van der Waals surface area contributed by atoms with Crippen LogP contribution in [-0.4, -0.2) is 25.5 Å². The molecule has 6 heteroatoms. The van der Waals surface area contributed by atoms with Gasteiger partial charge in [-0.05, 0) is 48.5 Å². The molecule has 2 aromatic carbocycles. The number of nitrogens with zero attached hydrogens (tertiary/aromatic N) is 1.